The number of nitrogens with one attached hydrogen (secondary N) is 1. The van der Waals surface area contributed by atoms with Crippen molar-refractivity contribution in [2.75, 3.05) is 5.32 Å². The Morgan fingerprint density at radius 2 is 2.13 bits per heavy atom. The zero-order chi connectivity index (χ0) is 10.7. The zero-order valence-electron chi connectivity index (χ0n) is 8.26. The highest BCUT2D eigenvalue weighted by Gasteiger charge is 2.33. The van der Waals surface area contributed by atoms with Gasteiger partial charge in [-0.15, -0.1) is 0 Å². The number of aromatic nitrogens is 2. The minimum atomic E-state index is -0.735. The summed E-state index contributed by atoms with van der Waals surface area (Å²) in [6, 6.07) is 1.69. The molecule has 0 radical (unpaired) electrons. The Hall–Kier alpha value is -1.65. The van der Waals surface area contributed by atoms with E-state index in [2.05, 4.69) is 15.3 Å². The first-order chi connectivity index (χ1) is 7.27. The molecule has 0 amide bonds. The Labute approximate surface area is 87.6 Å². The lowest BCUT2D eigenvalue weighted by Gasteiger charge is -2.16. The van der Waals surface area contributed by atoms with Gasteiger partial charge in [-0.2, -0.15) is 0 Å². The second kappa shape index (κ2) is 4.25. The fourth-order valence-corrected chi connectivity index (χ4v) is 1.97. The van der Waals surface area contributed by atoms with Gasteiger partial charge in [0.25, 0.3) is 0 Å². The number of aliphatic carboxylic acids is 1. The van der Waals surface area contributed by atoms with Gasteiger partial charge in [0.15, 0.2) is 0 Å². The summed E-state index contributed by atoms with van der Waals surface area (Å²) in [7, 11) is 0. The Bertz CT molecular complexity index is 342. The van der Waals surface area contributed by atoms with E-state index in [4.69, 9.17) is 5.11 Å². The van der Waals surface area contributed by atoms with E-state index in [1.165, 1.54) is 0 Å². The summed E-state index contributed by atoms with van der Waals surface area (Å²) in [6.07, 6.45) is 5.83. The summed E-state index contributed by atoms with van der Waals surface area (Å²) in [5.41, 5.74) is 0. The van der Waals surface area contributed by atoms with Gasteiger partial charge < -0.3 is 10.4 Å². The van der Waals surface area contributed by atoms with Gasteiger partial charge in [-0.05, 0) is 18.9 Å². The van der Waals surface area contributed by atoms with Crippen molar-refractivity contribution in [3.8, 4) is 0 Å². The van der Waals surface area contributed by atoms with E-state index in [1.54, 1.807) is 18.5 Å². The molecule has 80 valence electrons. The molecule has 2 rings (SSSR count). The van der Waals surface area contributed by atoms with Crippen molar-refractivity contribution in [3.63, 3.8) is 0 Å². The molecule has 1 heterocycles. The predicted octanol–water partition coefficient (Wildman–Crippen LogP) is 1.14. The smallest absolute Gasteiger partial charge is 0.308 e. The van der Waals surface area contributed by atoms with Gasteiger partial charge in [0, 0.05) is 18.4 Å². The highest BCUT2D eigenvalue weighted by Crippen LogP contribution is 2.27. The molecule has 1 aliphatic carbocycles. The van der Waals surface area contributed by atoms with E-state index in [9.17, 15) is 4.79 Å². The third-order valence-electron chi connectivity index (χ3n) is 2.71. The van der Waals surface area contributed by atoms with Crippen LogP contribution >= 0.6 is 0 Å². The third kappa shape index (κ3) is 2.23. The van der Waals surface area contributed by atoms with Crippen LogP contribution in [0.3, 0.4) is 0 Å². The number of hydrogen-bond donors (Lipinski definition) is 2. The molecular formula is C10H13N3O2. The average molecular weight is 207 g/mol. The molecule has 1 fully saturated rings. The first-order valence-electron chi connectivity index (χ1n) is 5.04. The quantitative estimate of drug-likeness (QED) is 0.777. The lowest BCUT2D eigenvalue weighted by atomic mass is 10.0. The molecule has 1 aliphatic rings. The summed E-state index contributed by atoms with van der Waals surface area (Å²) in [6.45, 7) is 0. The average Bonchev–Trinajstić information content (AvgIpc) is 2.67. The molecule has 1 aromatic heterocycles. The summed E-state index contributed by atoms with van der Waals surface area (Å²) in [5, 5.41) is 12.1. The molecule has 0 spiro atoms. The molecule has 15 heavy (non-hydrogen) atoms. The number of carboxylic acids is 1. The predicted molar refractivity (Wildman–Crippen MR) is 54.4 cm³/mol. The van der Waals surface area contributed by atoms with Crippen LogP contribution in [0.25, 0.3) is 0 Å². The van der Waals surface area contributed by atoms with Gasteiger partial charge >= 0.3 is 5.97 Å². The second-order valence-corrected chi connectivity index (χ2v) is 3.70. The normalized spacial score (nSPS) is 25.1. The van der Waals surface area contributed by atoms with Crippen molar-refractivity contribution >= 4 is 11.9 Å². The number of rotatable bonds is 3. The molecule has 0 saturated heterocycles. The largest absolute Gasteiger partial charge is 0.481 e. The number of carboxylic acid groups (broad SMARTS) is 1. The van der Waals surface area contributed by atoms with Crippen molar-refractivity contribution in [1.82, 2.24) is 9.97 Å². The van der Waals surface area contributed by atoms with Gasteiger partial charge in [-0.1, -0.05) is 6.42 Å². The van der Waals surface area contributed by atoms with Crippen LogP contribution in [0.15, 0.2) is 18.5 Å². The minimum absolute atomic E-state index is 0.0371. The molecule has 2 N–H and O–H groups in total. The van der Waals surface area contributed by atoms with Crippen LogP contribution in [-0.2, 0) is 4.79 Å². The summed E-state index contributed by atoms with van der Waals surface area (Å²) in [5.74, 6) is -0.537. The maximum atomic E-state index is 10.9. The van der Waals surface area contributed by atoms with Crippen molar-refractivity contribution in [2.24, 2.45) is 5.92 Å². The Kier molecular flexibility index (Phi) is 2.80. The maximum absolute atomic E-state index is 10.9. The first-order valence-corrected chi connectivity index (χ1v) is 5.04. The van der Waals surface area contributed by atoms with Gasteiger partial charge in [0.05, 0.1) is 5.92 Å². The van der Waals surface area contributed by atoms with Gasteiger partial charge in [-0.25, -0.2) is 9.97 Å². The molecule has 0 bridgehead atoms. The summed E-state index contributed by atoms with van der Waals surface area (Å²) >= 11 is 0. The van der Waals surface area contributed by atoms with Gasteiger partial charge in [-0.3, -0.25) is 4.79 Å². The van der Waals surface area contributed by atoms with Crippen LogP contribution in [0, 0.1) is 5.92 Å². The Morgan fingerprint density at radius 1 is 1.40 bits per heavy atom. The van der Waals surface area contributed by atoms with Crippen LogP contribution in [-0.4, -0.2) is 27.1 Å². The molecule has 1 aromatic rings. The summed E-state index contributed by atoms with van der Waals surface area (Å²) < 4.78 is 0. The lowest BCUT2D eigenvalue weighted by molar-refractivity contribution is -0.141. The zero-order valence-corrected chi connectivity index (χ0v) is 8.26. The van der Waals surface area contributed by atoms with E-state index in [0.717, 1.165) is 19.3 Å². The van der Waals surface area contributed by atoms with Crippen LogP contribution in [0.4, 0.5) is 5.95 Å². The van der Waals surface area contributed by atoms with Crippen molar-refractivity contribution in [3.05, 3.63) is 18.5 Å². The topological polar surface area (TPSA) is 75.1 Å². The van der Waals surface area contributed by atoms with Crippen LogP contribution in [0.5, 0.6) is 0 Å². The van der Waals surface area contributed by atoms with E-state index in [-0.39, 0.29) is 12.0 Å². The van der Waals surface area contributed by atoms with E-state index >= 15 is 0 Å². The minimum Gasteiger partial charge on any atom is -0.481 e. The van der Waals surface area contributed by atoms with E-state index < -0.39 is 5.97 Å². The molecular weight excluding hydrogens is 194 g/mol. The fourth-order valence-electron chi connectivity index (χ4n) is 1.97. The van der Waals surface area contributed by atoms with Crippen molar-refractivity contribution < 1.29 is 9.90 Å². The first kappa shape index (κ1) is 9.89. The van der Waals surface area contributed by atoms with Crippen molar-refractivity contribution in [2.45, 2.75) is 25.3 Å². The van der Waals surface area contributed by atoms with E-state index in [0.29, 0.717) is 5.95 Å². The molecule has 2 atom stereocenters. The second-order valence-electron chi connectivity index (χ2n) is 3.70. The SMILES string of the molecule is O=C(O)[C@@H]1CCC[C@@H]1Nc1ncccn1. The van der Waals surface area contributed by atoms with E-state index in [1.807, 2.05) is 0 Å². The fraction of sp³-hybridized carbons (Fsp3) is 0.500. The monoisotopic (exact) mass is 207 g/mol. The maximum Gasteiger partial charge on any atom is 0.308 e. The molecule has 0 unspecified atom stereocenters. The van der Waals surface area contributed by atoms with Crippen molar-refractivity contribution in [1.29, 1.82) is 0 Å². The van der Waals surface area contributed by atoms with Gasteiger partial charge in [0.2, 0.25) is 5.95 Å². The summed E-state index contributed by atoms with van der Waals surface area (Å²) in [4.78, 5) is 19.0. The van der Waals surface area contributed by atoms with Crippen LogP contribution in [0.1, 0.15) is 19.3 Å². The van der Waals surface area contributed by atoms with Crippen LogP contribution in [0.2, 0.25) is 0 Å². The number of anilines is 1. The molecule has 0 aliphatic heterocycles. The number of nitrogens with zero attached hydrogens (tertiary/aromatic N) is 2. The lowest BCUT2D eigenvalue weighted by Crippen LogP contribution is -2.30. The van der Waals surface area contributed by atoms with Crippen LogP contribution < -0.4 is 5.32 Å². The molecule has 5 nitrogen and oxygen atoms in total. The third-order valence-corrected chi connectivity index (χ3v) is 2.71. The molecule has 1 saturated carbocycles. The van der Waals surface area contributed by atoms with Gasteiger partial charge in [0.1, 0.15) is 0 Å². The standard InChI is InChI=1S/C10H13N3O2/c14-9(15)7-3-1-4-8(7)13-10-11-5-2-6-12-10/h2,5-8H,1,3-4H2,(H,14,15)(H,11,12,13)/t7-,8+/m1/s1. The number of carbonyl (C=O) groups is 1. The Morgan fingerprint density at radius 3 is 2.80 bits per heavy atom. The number of hydrogen-bond acceptors (Lipinski definition) is 4. The highest BCUT2D eigenvalue weighted by molar-refractivity contribution is 5.71. The molecule has 5 heteroatoms. The molecule has 0 aromatic carbocycles. The highest BCUT2D eigenvalue weighted by atomic mass is 16.4. The Balaban J connectivity index is 2.03.